The van der Waals surface area contributed by atoms with E-state index in [-0.39, 0.29) is 0 Å². The number of nitrogens with one attached hydrogen (secondary N) is 1. The summed E-state index contributed by atoms with van der Waals surface area (Å²) in [5.41, 5.74) is 4.88. The molecular weight excluding hydrogens is 278 g/mol. The van der Waals surface area contributed by atoms with Crippen molar-refractivity contribution in [3.05, 3.63) is 35.5 Å². The molecule has 0 bridgehead atoms. The highest BCUT2D eigenvalue weighted by molar-refractivity contribution is 5.90. The summed E-state index contributed by atoms with van der Waals surface area (Å²) in [7, 11) is 6.09. The Balaban J connectivity index is 2.07. The molecule has 2 N–H and O–H groups in total. The summed E-state index contributed by atoms with van der Waals surface area (Å²) in [6.07, 6.45) is 5.01. The van der Waals surface area contributed by atoms with Gasteiger partial charge in [0.15, 0.2) is 0 Å². The average molecular weight is 301 g/mol. The van der Waals surface area contributed by atoms with E-state index in [2.05, 4.69) is 28.0 Å². The van der Waals surface area contributed by atoms with Crippen molar-refractivity contribution in [2.24, 2.45) is 4.99 Å². The quantitative estimate of drug-likeness (QED) is 0.841. The summed E-state index contributed by atoms with van der Waals surface area (Å²) >= 11 is 0. The molecule has 0 saturated heterocycles. The summed E-state index contributed by atoms with van der Waals surface area (Å²) in [6.45, 7) is 2.61. The van der Waals surface area contributed by atoms with Crippen LogP contribution < -0.4 is 5.49 Å². The average Bonchev–Trinajstić information content (AvgIpc) is 2.83. The molecule has 2 aromatic rings. The number of rotatable bonds is 3. The second-order valence-electron chi connectivity index (χ2n) is 6.11. The third-order valence-electron chi connectivity index (χ3n) is 3.96. The topological polar surface area (TPSA) is 59.8 Å². The molecule has 2 aromatic heterocycles. The Morgan fingerprint density at radius 2 is 2.18 bits per heavy atom. The van der Waals surface area contributed by atoms with Gasteiger partial charge in [0.25, 0.3) is 0 Å². The van der Waals surface area contributed by atoms with E-state index in [1.54, 1.807) is 6.20 Å². The normalized spacial score (nSPS) is 17.5. The fraction of sp³-hybridized carbons (Fsp3) is 0.438. The zero-order chi connectivity index (χ0) is 15.7. The van der Waals surface area contributed by atoms with Gasteiger partial charge in [-0.1, -0.05) is 6.08 Å². The molecule has 3 heterocycles. The Morgan fingerprint density at radius 1 is 1.36 bits per heavy atom. The lowest BCUT2D eigenvalue weighted by Gasteiger charge is -2.21. The van der Waals surface area contributed by atoms with Crippen LogP contribution in [-0.2, 0) is 0 Å². The van der Waals surface area contributed by atoms with Crippen molar-refractivity contribution in [3.8, 4) is 0 Å². The zero-order valence-electron chi connectivity index (χ0n) is 13.4. The minimum absolute atomic E-state index is 0.630. The van der Waals surface area contributed by atoms with Crippen molar-refractivity contribution < 1.29 is 5.21 Å². The van der Waals surface area contributed by atoms with Gasteiger partial charge in [0.2, 0.25) is 0 Å². The van der Waals surface area contributed by atoms with Crippen molar-refractivity contribution in [1.29, 1.82) is 0 Å². The lowest BCUT2D eigenvalue weighted by atomic mass is 10.0. The molecule has 0 fully saturated rings. The van der Waals surface area contributed by atoms with E-state index < -0.39 is 0 Å². The van der Waals surface area contributed by atoms with Gasteiger partial charge >= 0.3 is 0 Å². The van der Waals surface area contributed by atoms with Crippen LogP contribution in [0.4, 0.5) is 0 Å². The third kappa shape index (κ3) is 2.93. The molecule has 0 aromatic carbocycles. The predicted molar refractivity (Wildman–Crippen MR) is 87.7 cm³/mol. The van der Waals surface area contributed by atoms with E-state index in [1.165, 1.54) is 10.3 Å². The Hall–Kier alpha value is -2.05. The number of nitrogens with zero attached hydrogens (tertiary/aromatic N) is 4. The summed E-state index contributed by atoms with van der Waals surface area (Å²) in [4.78, 5) is 12.2. The number of aromatic nitrogens is 2. The number of pyridine rings is 1. The van der Waals surface area contributed by atoms with Crippen molar-refractivity contribution in [3.63, 3.8) is 0 Å². The summed E-state index contributed by atoms with van der Waals surface area (Å²) in [5, 5.41) is 10.1. The van der Waals surface area contributed by atoms with E-state index >= 15 is 0 Å². The molecule has 0 spiro atoms. The Labute approximate surface area is 130 Å². The minimum Gasteiger partial charge on any atom is -0.428 e. The van der Waals surface area contributed by atoms with Gasteiger partial charge in [-0.2, -0.15) is 4.73 Å². The molecule has 0 radical (unpaired) electrons. The minimum atomic E-state index is 0.630. The fourth-order valence-electron chi connectivity index (χ4n) is 2.70. The van der Waals surface area contributed by atoms with Crippen LogP contribution in [0.5, 0.6) is 0 Å². The molecule has 0 aliphatic carbocycles. The van der Waals surface area contributed by atoms with Gasteiger partial charge in [0, 0.05) is 18.7 Å². The largest absolute Gasteiger partial charge is 0.428 e. The summed E-state index contributed by atoms with van der Waals surface area (Å²) in [5.74, 6) is 0. The van der Waals surface area contributed by atoms with Crippen LogP contribution in [-0.4, -0.2) is 65.6 Å². The first-order chi connectivity index (χ1) is 10.5. The van der Waals surface area contributed by atoms with Gasteiger partial charge in [-0.25, -0.2) is 0 Å². The second kappa shape index (κ2) is 5.98. The van der Waals surface area contributed by atoms with Crippen molar-refractivity contribution in [2.45, 2.75) is 6.42 Å². The van der Waals surface area contributed by atoms with Gasteiger partial charge in [-0.15, -0.1) is 0 Å². The highest BCUT2D eigenvalue weighted by atomic mass is 16.5. The van der Waals surface area contributed by atoms with Gasteiger partial charge < -0.3 is 15.1 Å². The number of H-pyrrole nitrogens is 1. The van der Waals surface area contributed by atoms with Crippen LogP contribution in [0, 0.1) is 0 Å². The SMILES string of the molecule is CN(C)C/N=c1\ccc2c([nH]1)c(C1=CCN(C)CC1)cn2O. The maximum absolute atomic E-state index is 10.1. The van der Waals surface area contributed by atoms with Crippen LogP contribution in [0.15, 0.2) is 29.4 Å². The molecule has 0 unspecified atom stereocenters. The number of hydrogen-bond donors (Lipinski definition) is 2. The van der Waals surface area contributed by atoms with E-state index in [0.29, 0.717) is 6.67 Å². The number of aromatic amines is 1. The molecule has 0 amide bonds. The van der Waals surface area contributed by atoms with Crippen LogP contribution in [0.25, 0.3) is 16.6 Å². The van der Waals surface area contributed by atoms with Crippen molar-refractivity contribution in [2.75, 3.05) is 40.9 Å². The van der Waals surface area contributed by atoms with E-state index in [1.807, 2.05) is 31.1 Å². The maximum atomic E-state index is 10.1. The molecule has 0 saturated carbocycles. The van der Waals surface area contributed by atoms with E-state index in [9.17, 15) is 5.21 Å². The molecule has 1 aliphatic rings. The summed E-state index contributed by atoms with van der Waals surface area (Å²) < 4.78 is 1.19. The molecule has 0 atom stereocenters. The molecule has 118 valence electrons. The third-order valence-corrected chi connectivity index (χ3v) is 3.96. The smallest absolute Gasteiger partial charge is 0.126 e. The van der Waals surface area contributed by atoms with Gasteiger partial charge in [0.05, 0.1) is 18.4 Å². The zero-order valence-corrected chi connectivity index (χ0v) is 13.4. The summed E-state index contributed by atoms with van der Waals surface area (Å²) in [6, 6.07) is 3.80. The number of likely N-dealkylation sites (N-methyl/N-ethyl adjacent to an activating group) is 1. The van der Waals surface area contributed by atoms with Gasteiger partial charge in [-0.05, 0) is 45.3 Å². The highest BCUT2D eigenvalue weighted by Gasteiger charge is 2.15. The molecule has 6 heteroatoms. The lowest BCUT2D eigenvalue weighted by Crippen LogP contribution is -2.23. The van der Waals surface area contributed by atoms with E-state index in [4.69, 9.17) is 0 Å². The lowest BCUT2D eigenvalue weighted by molar-refractivity contribution is 0.200. The Bertz CT molecular complexity index is 768. The van der Waals surface area contributed by atoms with Gasteiger partial charge in [0.1, 0.15) is 11.0 Å². The van der Waals surface area contributed by atoms with E-state index in [0.717, 1.165) is 41.6 Å². The maximum Gasteiger partial charge on any atom is 0.126 e. The monoisotopic (exact) mass is 301 g/mol. The first-order valence-corrected chi connectivity index (χ1v) is 7.51. The van der Waals surface area contributed by atoms with Crippen molar-refractivity contribution in [1.82, 2.24) is 19.5 Å². The standard InChI is InChI=1S/C16H23N5O/c1-19(2)11-17-15-5-4-14-16(18-15)13(10-21(14)22)12-6-8-20(3)9-7-12/h4-6,10,22H,7-9,11H2,1-3H3,(H,17,18). The van der Waals surface area contributed by atoms with Crippen LogP contribution in [0.3, 0.4) is 0 Å². The van der Waals surface area contributed by atoms with Crippen LogP contribution in [0.2, 0.25) is 0 Å². The number of hydrogen-bond acceptors (Lipinski definition) is 4. The molecular formula is C16H23N5O. The first kappa shape index (κ1) is 14.9. The van der Waals surface area contributed by atoms with Gasteiger partial charge in [-0.3, -0.25) is 9.89 Å². The Kier molecular flexibility index (Phi) is 4.04. The first-order valence-electron chi connectivity index (χ1n) is 7.51. The number of fused-ring (bicyclic) bond motifs is 1. The molecule has 3 rings (SSSR count). The molecule has 1 aliphatic heterocycles. The molecule has 6 nitrogen and oxygen atoms in total. The predicted octanol–water partition coefficient (Wildman–Crippen LogP) is 1.35. The van der Waals surface area contributed by atoms with Crippen molar-refractivity contribution >= 4 is 16.6 Å². The highest BCUT2D eigenvalue weighted by Crippen LogP contribution is 2.28. The second-order valence-corrected chi connectivity index (χ2v) is 6.11. The van der Waals surface area contributed by atoms with Crippen LogP contribution >= 0.6 is 0 Å². The fourth-order valence-corrected chi connectivity index (χ4v) is 2.70. The molecule has 22 heavy (non-hydrogen) atoms. The van der Waals surface area contributed by atoms with Crippen LogP contribution in [0.1, 0.15) is 12.0 Å². The Morgan fingerprint density at radius 3 is 2.86 bits per heavy atom.